The van der Waals surface area contributed by atoms with Crippen molar-refractivity contribution in [3.63, 3.8) is 0 Å². The van der Waals surface area contributed by atoms with Crippen molar-refractivity contribution in [2.24, 2.45) is 0 Å². The largest absolute Gasteiger partial charge is 0.310 e. The average molecular weight is 331 g/mol. The summed E-state index contributed by atoms with van der Waals surface area (Å²) in [5.74, 6) is 0. The minimum atomic E-state index is -3.58. The number of rotatable bonds is 5. The molecule has 0 amide bonds. The highest BCUT2D eigenvalue weighted by molar-refractivity contribution is 7.89. The fourth-order valence-corrected chi connectivity index (χ4v) is 4.21. The summed E-state index contributed by atoms with van der Waals surface area (Å²) in [6, 6.07) is 3.92. The molecule has 118 valence electrons. The lowest BCUT2D eigenvalue weighted by molar-refractivity contribution is 0.491. The van der Waals surface area contributed by atoms with E-state index in [1.54, 1.807) is 0 Å². The number of halogens is 1. The summed E-state index contributed by atoms with van der Waals surface area (Å²) in [5.41, 5.74) is 1.16. The molecule has 0 atom stereocenters. The number of nitrogens with one attached hydrogen (secondary N) is 2. The Morgan fingerprint density at radius 2 is 1.90 bits per heavy atom. The van der Waals surface area contributed by atoms with Gasteiger partial charge in [-0.2, -0.15) is 0 Å². The third-order valence-corrected chi connectivity index (χ3v) is 5.42. The first-order valence-corrected chi connectivity index (χ1v) is 9.01. The van der Waals surface area contributed by atoms with E-state index >= 15 is 0 Å². The van der Waals surface area contributed by atoms with Crippen LogP contribution in [0.2, 0.25) is 5.02 Å². The van der Waals surface area contributed by atoms with Gasteiger partial charge in [0.05, 0.1) is 4.90 Å². The Kier molecular flexibility index (Phi) is 4.69. The second-order valence-electron chi connectivity index (χ2n) is 6.70. The van der Waals surface area contributed by atoms with Gasteiger partial charge in [-0.05, 0) is 63.8 Å². The van der Waals surface area contributed by atoms with Crippen LogP contribution < -0.4 is 10.0 Å². The predicted octanol–water partition coefficient (Wildman–Crippen LogP) is 2.98. The molecule has 21 heavy (non-hydrogen) atoms. The van der Waals surface area contributed by atoms with Gasteiger partial charge in [-0.1, -0.05) is 11.6 Å². The van der Waals surface area contributed by atoms with E-state index in [9.17, 15) is 8.42 Å². The Hall–Kier alpha value is -0.620. The first-order chi connectivity index (χ1) is 9.58. The topological polar surface area (TPSA) is 58.2 Å². The maximum Gasteiger partial charge on any atom is 0.241 e. The Labute approximate surface area is 132 Å². The van der Waals surface area contributed by atoms with Crippen LogP contribution in [0, 0.1) is 6.92 Å². The Bertz CT molecular complexity index is 632. The second-order valence-corrected chi connectivity index (χ2v) is 8.79. The second kappa shape index (κ2) is 5.88. The molecule has 0 bridgehead atoms. The molecule has 2 rings (SSSR count). The first kappa shape index (κ1) is 16.7. The number of hydrogen-bond donors (Lipinski definition) is 2. The zero-order chi connectivity index (χ0) is 15.8. The van der Waals surface area contributed by atoms with Crippen LogP contribution >= 0.6 is 11.6 Å². The van der Waals surface area contributed by atoms with E-state index in [1.165, 1.54) is 18.9 Å². The summed E-state index contributed by atoms with van der Waals surface area (Å²) >= 11 is 6.11. The van der Waals surface area contributed by atoms with Crippen LogP contribution in [0.3, 0.4) is 0 Å². The summed E-state index contributed by atoms with van der Waals surface area (Å²) in [7, 11) is -3.58. The lowest BCUT2D eigenvalue weighted by atomic mass is 10.1. The highest BCUT2D eigenvalue weighted by atomic mass is 35.5. The molecule has 0 radical (unpaired) electrons. The minimum Gasteiger partial charge on any atom is -0.310 e. The Morgan fingerprint density at radius 3 is 2.43 bits per heavy atom. The third kappa shape index (κ3) is 4.68. The molecule has 0 aromatic heterocycles. The summed E-state index contributed by atoms with van der Waals surface area (Å²) < 4.78 is 27.7. The van der Waals surface area contributed by atoms with E-state index in [0.717, 1.165) is 11.1 Å². The summed E-state index contributed by atoms with van der Waals surface area (Å²) in [6.45, 7) is 7.94. The SMILES string of the molecule is Cc1c(CNC2CC2)cc(Cl)cc1S(=O)(=O)NC(C)(C)C. The van der Waals surface area contributed by atoms with Crippen molar-refractivity contribution in [1.82, 2.24) is 10.0 Å². The predicted molar refractivity (Wildman–Crippen MR) is 86.1 cm³/mol. The summed E-state index contributed by atoms with van der Waals surface area (Å²) in [4.78, 5) is 0.262. The van der Waals surface area contributed by atoms with Crippen molar-refractivity contribution in [2.75, 3.05) is 0 Å². The van der Waals surface area contributed by atoms with Crippen molar-refractivity contribution in [2.45, 2.75) is 63.6 Å². The lowest BCUT2D eigenvalue weighted by Crippen LogP contribution is -2.40. The Morgan fingerprint density at radius 1 is 1.29 bits per heavy atom. The van der Waals surface area contributed by atoms with Gasteiger partial charge in [0.25, 0.3) is 0 Å². The molecule has 0 saturated heterocycles. The molecule has 0 unspecified atom stereocenters. The molecular weight excluding hydrogens is 308 g/mol. The number of hydrogen-bond acceptors (Lipinski definition) is 3. The van der Waals surface area contributed by atoms with Crippen LogP contribution in [0.1, 0.15) is 44.7 Å². The monoisotopic (exact) mass is 330 g/mol. The van der Waals surface area contributed by atoms with Gasteiger partial charge in [-0.3, -0.25) is 0 Å². The normalized spacial score (nSPS) is 16.2. The Balaban J connectivity index is 2.33. The van der Waals surface area contributed by atoms with Gasteiger partial charge in [0.2, 0.25) is 10.0 Å². The van der Waals surface area contributed by atoms with E-state index in [0.29, 0.717) is 17.6 Å². The molecule has 0 aliphatic heterocycles. The van der Waals surface area contributed by atoms with E-state index in [2.05, 4.69) is 10.0 Å². The molecule has 1 aliphatic rings. The van der Waals surface area contributed by atoms with E-state index in [-0.39, 0.29) is 4.90 Å². The van der Waals surface area contributed by atoms with Crippen LogP contribution in [0.15, 0.2) is 17.0 Å². The first-order valence-electron chi connectivity index (χ1n) is 7.15. The van der Waals surface area contributed by atoms with Gasteiger partial charge in [-0.25, -0.2) is 13.1 Å². The highest BCUT2D eigenvalue weighted by Crippen LogP contribution is 2.26. The van der Waals surface area contributed by atoms with Gasteiger partial charge in [0, 0.05) is 23.1 Å². The summed E-state index contributed by atoms with van der Waals surface area (Å²) in [6.07, 6.45) is 2.38. The van der Waals surface area contributed by atoms with Crippen LogP contribution in [0.5, 0.6) is 0 Å². The third-order valence-electron chi connectivity index (χ3n) is 3.32. The van der Waals surface area contributed by atoms with Crippen LogP contribution in [-0.4, -0.2) is 20.0 Å². The van der Waals surface area contributed by atoms with Gasteiger partial charge >= 0.3 is 0 Å². The summed E-state index contributed by atoms with van der Waals surface area (Å²) in [5, 5.41) is 3.84. The smallest absolute Gasteiger partial charge is 0.241 e. The van der Waals surface area contributed by atoms with Gasteiger partial charge < -0.3 is 5.32 Å². The molecule has 2 N–H and O–H groups in total. The zero-order valence-corrected chi connectivity index (χ0v) is 14.5. The van der Waals surface area contributed by atoms with Crippen molar-refractivity contribution in [1.29, 1.82) is 0 Å². The molecule has 6 heteroatoms. The molecule has 4 nitrogen and oxygen atoms in total. The fraction of sp³-hybridized carbons (Fsp3) is 0.600. The van der Waals surface area contributed by atoms with Crippen molar-refractivity contribution < 1.29 is 8.42 Å². The van der Waals surface area contributed by atoms with E-state index in [1.807, 2.05) is 33.8 Å². The molecule has 0 spiro atoms. The average Bonchev–Trinajstić information content (AvgIpc) is 3.10. The van der Waals surface area contributed by atoms with Gasteiger partial charge in [0.1, 0.15) is 0 Å². The maximum atomic E-state index is 12.5. The standard InChI is InChI=1S/C15H23ClN2O2S/c1-10-11(9-17-13-5-6-13)7-12(16)8-14(10)21(19,20)18-15(2,3)4/h7-8,13,17-18H,5-6,9H2,1-4H3. The van der Waals surface area contributed by atoms with Crippen LogP contribution in [0.25, 0.3) is 0 Å². The van der Waals surface area contributed by atoms with Gasteiger partial charge in [-0.15, -0.1) is 0 Å². The quantitative estimate of drug-likeness (QED) is 0.872. The fourth-order valence-electron chi connectivity index (χ4n) is 2.17. The molecule has 1 saturated carbocycles. The lowest BCUT2D eigenvalue weighted by Gasteiger charge is -2.22. The molecular formula is C15H23ClN2O2S. The van der Waals surface area contributed by atoms with Gasteiger partial charge in [0.15, 0.2) is 0 Å². The highest BCUT2D eigenvalue weighted by Gasteiger charge is 2.26. The maximum absolute atomic E-state index is 12.5. The van der Waals surface area contributed by atoms with Crippen molar-refractivity contribution >= 4 is 21.6 Å². The number of benzene rings is 1. The van der Waals surface area contributed by atoms with E-state index in [4.69, 9.17) is 11.6 Å². The zero-order valence-electron chi connectivity index (χ0n) is 13.0. The van der Waals surface area contributed by atoms with E-state index < -0.39 is 15.6 Å². The molecule has 1 fully saturated rings. The number of sulfonamides is 1. The molecule has 0 heterocycles. The van der Waals surface area contributed by atoms with Crippen LogP contribution in [-0.2, 0) is 16.6 Å². The van der Waals surface area contributed by atoms with Crippen molar-refractivity contribution in [3.8, 4) is 0 Å². The van der Waals surface area contributed by atoms with Crippen molar-refractivity contribution in [3.05, 3.63) is 28.3 Å². The molecule has 1 aromatic carbocycles. The van der Waals surface area contributed by atoms with Crippen LogP contribution in [0.4, 0.5) is 0 Å². The molecule has 1 aliphatic carbocycles. The minimum absolute atomic E-state index is 0.262. The molecule has 1 aromatic rings.